The van der Waals surface area contributed by atoms with E-state index in [2.05, 4.69) is 36.2 Å². The van der Waals surface area contributed by atoms with Crippen LogP contribution in [0.4, 0.5) is 0 Å². The van der Waals surface area contributed by atoms with Crippen molar-refractivity contribution in [1.82, 2.24) is 4.98 Å². The lowest BCUT2D eigenvalue weighted by atomic mass is 10.1. The van der Waals surface area contributed by atoms with Gasteiger partial charge in [-0.2, -0.15) is 0 Å². The van der Waals surface area contributed by atoms with Crippen LogP contribution >= 0.6 is 11.3 Å². The molecule has 0 fully saturated rings. The van der Waals surface area contributed by atoms with E-state index in [-0.39, 0.29) is 6.42 Å². The van der Waals surface area contributed by atoms with E-state index in [1.807, 2.05) is 5.38 Å². The molecule has 0 aliphatic rings. The lowest BCUT2D eigenvalue weighted by Gasteiger charge is -1.98. The molecule has 0 radical (unpaired) electrons. The van der Waals surface area contributed by atoms with E-state index in [9.17, 15) is 4.79 Å². The standard InChI is InChI=1S/C13H13NO2S/c1-9-2-4-10(5-3-9)6-11-8-17-12(14-11)7-13(15)16/h2-5,8H,6-7H2,1H3,(H,15,16). The lowest BCUT2D eigenvalue weighted by Crippen LogP contribution is -1.99. The maximum Gasteiger partial charge on any atom is 0.310 e. The second-order valence-electron chi connectivity index (χ2n) is 3.97. The molecule has 1 aromatic heterocycles. The number of thiazole rings is 1. The SMILES string of the molecule is Cc1ccc(Cc2csc(CC(=O)O)n2)cc1. The second-order valence-corrected chi connectivity index (χ2v) is 4.91. The van der Waals surface area contributed by atoms with Gasteiger partial charge in [0.25, 0.3) is 0 Å². The van der Waals surface area contributed by atoms with Crippen LogP contribution in [0.15, 0.2) is 29.6 Å². The summed E-state index contributed by atoms with van der Waals surface area (Å²) in [5.74, 6) is -0.832. The Morgan fingerprint density at radius 3 is 2.71 bits per heavy atom. The number of carboxylic acid groups (broad SMARTS) is 1. The Kier molecular flexibility index (Phi) is 3.54. The number of benzene rings is 1. The average molecular weight is 247 g/mol. The topological polar surface area (TPSA) is 50.2 Å². The molecule has 2 aromatic rings. The van der Waals surface area contributed by atoms with Gasteiger partial charge < -0.3 is 5.11 Å². The van der Waals surface area contributed by atoms with Crippen molar-refractivity contribution in [2.75, 3.05) is 0 Å². The molecule has 88 valence electrons. The van der Waals surface area contributed by atoms with Gasteiger partial charge in [-0.25, -0.2) is 4.98 Å². The summed E-state index contributed by atoms with van der Waals surface area (Å²) in [5.41, 5.74) is 3.37. The number of carbonyl (C=O) groups is 1. The maximum atomic E-state index is 10.5. The number of hydrogen-bond donors (Lipinski definition) is 1. The van der Waals surface area contributed by atoms with Crippen molar-refractivity contribution in [1.29, 1.82) is 0 Å². The molecule has 1 aromatic carbocycles. The molecule has 0 unspecified atom stereocenters. The van der Waals surface area contributed by atoms with E-state index in [1.165, 1.54) is 22.5 Å². The van der Waals surface area contributed by atoms with E-state index in [1.54, 1.807) is 0 Å². The first-order valence-corrected chi connectivity index (χ1v) is 6.22. The third-order valence-electron chi connectivity index (χ3n) is 2.41. The van der Waals surface area contributed by atoms with Gasteiger partial charge in [-0.05, 0) is 12.5 Å². The summed E-state index contributed by atoms with van der Waals surface area (Å²) in [7, 11) is 0. The first-order chi connectivity index (χ1) is 8.13. The third-order valence-corrected chi connectivity index (χ3v) is 3.31. The molecule has 0 saturated carbocycles. The van der Waals surface area contributed by atoms with Crippen LogP contribution in [0.5, 0.6) is 0 Å². The number of rotatable bonds is 4. The van der Waals surface area contributed by atoms with Gasteiger partial charge in [0.2, 0.25) is 0 Å². The first kappa shape index (κ1) is 11.8. The highest BCUT2D eigenvalue weighted by atomic mass is 32.1. The molecule has 0 aliphatic carbocycles. The minimum atomic E-state index is -0.832. The summed E-state index contributed by atoms with van der Waals surface area (Å²) in [6.07, 6.45) is 0.773. The molecule has 0 bridgehead atoms. The maximum absolute atomic E-state index is 10.5. The van der Waals surface area contributed by atoms with Gasteiger partial charge in [0.1, 0.15) is 5.01 Å². The molecule has 0 aliphatic heterocycles. The molecule has 0 atom stereocenters. The van der Waals surface area contributed by atoms with Crippen molar-refractivity contribution in [2.24, 2.45) is 0 Å². The summed E-state index contributed by atoms with van der Waals surface area (Å²) in [5, 5.41) is 11.3. The zero-order valence-corrected chi connectivity index (χ0v) is 10.3. The van der Waals surface area contributed by atoms with E-state index >= 15 is 0 Å². The van der Waals surface area contributed by atoms with E-state index < -0.39 is 5.97 Å². The zero-order valence-electron chi connectivity index (χ0n) is 9.51. The van der Waals surface area contributed by atoms with Crippen LogP contribution in [0.1, 0.15) is 21.8 Å². The van der Waals surface area contributed by atoms with Crippen molar-refractivity contribution in [3.8, 4) is 0 Å². The molecule has 1 N–H and O–H groups in total. The fraction of sp³-hybridized carbons (Fsp3) is 0.231. The monoisotopic (exact) mass is 247 g/mol. The Hall–Kier alpha value is -1.68. The molecular weight excluding hydrogens is 234 g/mol. The summed E-state index contributed by atoms with van der Waals surface area (Å²) in [6, 6.07) is 8.29. The molecule has 0 amide bonds. The van der Waals surface area contributed by atoms with Crippen LogP contribution in [0, 0.1) is 6.92 Å². The number of aryl methyl sites for hydroxylation is 1. The van der Waals surface area contributed by atoms with Crippen molar-refractivity contribution in [2.45, 2.75) is 19.8 Å². The number of carboxylic acids is 1. The van der Waals surface area contributed by atoms with Gasteiger partial charge in [0.15, 0.2) is 0 Å². The van der Waals surface area contributed by atoms with Crippen LogP contribution in [0.3, 0.4) is 0 Å². The van der Waals surface area contributed by atoms with Crippen LogP contribution in [0.25, 0.3) is 0 Å². The fourth-order valence-corrected chi connectivity index (χ4v) is 2.34. The summed E-state index contributed by atoms with van der Waals surface area (Å²) in [6.45, 7) is 2.05. The summed E-state index contributed by atoms with van der Waals surface area (Å²) < 4.78 is 0. The van der Waals surface area contributed by atoms with Crippen molar-refractivity contribution < 1.29 is 9.90 Å². The highest BCUT2D eigenvalue weighted by Gasteiger charge is 2.06. The van der Waals surface area contributed by atoms with Gasteiger partial charge in [-0.1, -0.05) is 29.8 Å². The number of hydrogen-bond acceptors (Lipinski definition) is 3. The Morgan fingerprint density at radius 1 is 1.35 bits per heavy atom. The van der Waals surface area contributed by atoms with Crippen LogP contribution in [-0.2, 0) is 17.6 Å². The number of nitrogens with zero attached hydrogens (tertiary/aromatic N) is 1. The molecule has 4 heteroatoms. The molecule has 0 saturated heterocycles. The first-order valence-electron chi connectivity index (χ1n) is 5.34. The van der Waals surface area contributed by atoms with Gasteiger partial charge in [-0.15, -0.1) is 11.3 Å². The summed E-state index contributed by atoms with van der Waals surface area (Å²) in [4.78, 5) is 14.8. The molecular formula is C13H13NO2S. The minimum Gasteiger partial charge on any atom is -0.481 e. The smallest absolute Gasteiger partial charge is 0.310 e. The minimum absolute atomic E-state index is 0.0125. The third kappa shape index (κ3) is 3.39. The Balaban J connectivity index is 2.06. The predicted molar refractivity (Wildman–Crippen MR) is 67.4 cm³/mol. The van der Waals surface area contributed by atoms with Crippen LogP contribution in [-0.4, -0.2) is 16.1 Å². The molecule has 1 heterocycles. The van der Waals surface area contributed by atoms with Gasteiger partial charge >= 0.3 is 5.97 Å². The Bertz CT molecular complexity index is 516. The molecule has 3 nitrogen and oxygen atoms in total. The predicted octanol–water partition coefficient (Wildman–Crippen LogP) is 2.67. The van der Waals surface area contributed by atoms with E-state index in [0.29, 0.717) is 5.01 Å². The number of aromatic nitrogens is 1. The van der Waals surface area contributed by atoms with E-state index in [4.69, 9.17) is 5.11 Å². The highest BCUT2D eigenvalue weighted by Crippen LogP contribution is 2.15. The Labute approximate surface area is 104 Å². The van der Waals surface area contributed by atoms with Crippen LogP contribution in [0.2, 0.25) is 0 Å². The normalized spacial score (nSPS) is 10.4. The van der Waals surface area contributed by atoms with Crippen molar-refractivity contribution in [3.05, 3.63) is 51.5 Å². The second kappa shape index (κ2) is 5.10. The van der Waals surface area contributed by atoms with Crippen molar-refractivity contribution in [3.63, 3.8) is 0 Å². The quantitative estimate of drug-likeness (QED) is 0.903. The highest BCUT2D eigenvalue weighted by molar-refractivity contribution is 7.09. The van der Waals surface area contributed by atoms with Gasteiger partial charge in [-0.3, -0.25) is 4.79 Å². The van der Waals surface area contributed by atoms with Gasteiger partial charge in [0, 0.05) is 11.8 Å². The number of aliphatic carboxylic acids is 1. The fourth-order valence-electron chi connectivity index (χ4n) is 1.56. The van der Waals surface area contributed by atoms with Crippen molar-refractivity contribution >= 4 is 17.3 Å². The van der Waals surface area contributed by atoms with Gasteiger partial charge in [0.05, 0.1) is 12.1 Å². The summed E-state index contributed by atoms with van der Waals surface area (Å²) >= 11 is 1.41. The largest absolute Gasteiger partial charge is 0.481 e. The molecule has 17 heavy (non-hydrogen) atoms. The zero-order chi connectivity index (χ0) is 12.3. The molecule has 2 rings (SSSR count). The molecule has 0 spiro atoms. The Morgan fingerprint density at radius 2 is 2.06 bits per heavy atom. The lowest BCUT2D eigenvalue weighted by molar-refractivity contribution is -0.136. The van der Waals surface area contributed by atoms with Crippen LogP contribution < -0.4 is 0 Å². The van der Waals surface area contributed by atoms with E-state index in [0.717, 1.165) is 12.1 Å². The average Bonchev–Trinajstić information content (AvgIpc) is 2.68.